The van der Waals surface area contributed by atoms with Crippen LogP contribution in [0.2, 0.25) is 5.02 Å². The van der Waals surface area contributed by atoms with E-state index in [4.69, 9.17) is 23.8 Å². The monoisotopic (exact) mass is 571 g/mol. The lowest BCUT2D eigenvalue weighted by Gasteiger charge is -2.28. The van der Waals surface area contributed by atoms with Gasteiger partial charge in [-0.25, -0.2) is 0 Å². The van der Waals surface area contributed by atoms with Crippen molar-refractivity contribution in [3.63, 3.8) is 0 Å². The van der Waals surface area contributed by atoms with Gasteiger partial charge in [0.15, 0.2) is 5.11 Å². The molecule has 0 saturated carbocycles. The van der Waals surface area contributed by atoms with Crippen molar-refractivity contribution in [2.75, 3.05) is 10.2 Å². The third-order valence-electron chi connectivity index (χ3n) is 7.50. The predicted molar refractivity (Wildman–Crippen MR) is 167 cm³/mol. The van der Waals surface area contributed by atoms with E-state index in [0.29, 0.717) is 15.8 Å². The maximum Gasteiger partial charge on any atom is 0.226 e. The number of halogens is 1. The molecule has 0 unspecified atom stereocenters. The summed E-state index contributed by atoms with van der Waals surface area (Å²) in [7, 11) is 0. The van der Waals surface area contributed by atoms with Crippen LogP contribution in [0.1, 0.15) is 61.1 Å². The van der Waals surface area contributed by atoms with Crippen LogP contribution < -0.4 is 15.5 Å². The maximum absolute atomic E-state index is 12.3. The fourth-order valence-corrected chi connectivity index (χ4v) is 5.91. The van der Waals surface area contributed by atoms with Crippen molar-refractivity contribution in [1.29, 1.82) is 0 Å². The number of nitrogens with one attached hydrogen (secondary N) is 2. The molecular formula is C32H34ClN5OS. The van der Waals surface area contributed by atoms with Crippen LogP contribution >= 0.6 is 23.8 Å². The van der Waals surface area contributed by atoms with Crippen LogP contribution in [0.25, 0.3) is 5.69 Å². The minimum absolute atomic E-state index is 0.0829. The zero-order chi connectivity index (χ0) is 28.6. The average molecular weight is 572 g/mol. The number of pyridine rings is 1. The summed E-state index contributed by atoms with van der Waals surface area (Å²) in [5.74, 6) is -0.233. The van der Waals surface area contributed by atoms with Gasteiger partial charge in [-0.15, -0.1) is 0 Å². The summed E-state index contributed by atoms with van der Waals surface area (Å²) < 4.78 is 2.29. The van der Waals surface area contributed by atoms with Crippen LogP contribution in [-0.4, -0.2) is 20.6 Å². The van der Waals surface area contributed by atoms with Gasteiger partial charge >= 0.3 is 0 Å². The van der Waals surface area contributed by atoms with E-state index in [9.17, 15) is 4.79 Å². The quantitative estimate of drug-likeness (QED) is 0.225. The second kappa shape index (κ2) is 11.4. The number of amides is 1. The van der Waals surface area contributed by atoms with Gasteiger partial charge in [-0.3, -0.25) is 9.78 Å². The third-order valence-corrected chi connectivity index (χ3v) is 8.13. The summed E-state index contributed by atoms with van der Waals surface area (Å²) in [5, 5.41) is 7.49. The van der Waals surface area contributed by atoms with Gasteiger partial charge in [0, 0.05) is 34.9 Å². The number of benzene rings is 2. The lowest BCUT2D eigenvalue weighted by Crippen LogP contribution is -2.29. The van der Waals surface area contributed by atoms with E-state index in [1.54, 1.807) is 6.20 Å². The van der Waals surface area contributed by atoms with Crippen molar-refractivity contribution in [3.8, 4) is 5.69 Å². The highest BCUT2D eigenvalue weighted by Gasteiger charge is 2.42. The number of aryl methyl sites for hydroxylation is 2. The first-order chi connectivity index (χ1) is 19.2. The molecule has 8 heteroatoms. The van der Waals surface area contributed by atoms with Crippen molar-refractivity contribution < 1.29 is 4.79 Å². The number of thiocarbonyl (C=S) groups is 1. The molecule has 5 rings (SSSR count). The predicted octanol–water partition coefficient (Wildman–Crippen LogP) is 7.48. The van der Waals surface area contributed by atoms with E-state index in [0.717, 1.165) is 40.4 Å². The zero-order valence-electron chi connectivity index (χ0n) is 23.4. The Hall–Kier alpha value is -3.68. The molecule has 0 radical (unpaired) electrons. The molecule has 6 nitrogen and oxygen atoms in total. The van der Waals surface area contributed by atoms with E-state index in [2.05, 4.69) is 76.2 Å². The second-order valence-corrected chi connectivity index (χ2v) is 11.3. The maximum atomic E-state index is 12.3. The van der Waals surface area contributed by atoms with Gasteiger partial charge in [-0.1, -0.05) is 50.6 Å². The third kappa shape index (κ3) is 5.23. The minimum Gasteiger partial charge on any atom is -0.351 e. The van der Waals surface area contributed by atoms with Crippen molar-refractivity contribution in [2.45, 2.75) is 53.1 Å². The first-order valence-corrected chi connectivity index (χ1v) is 14.4. The largest absolute Gasteiger partial charge is 0.351 e. The van der Waals surface area contributed by atoms with Gasteiger partial charge in [-0.05, 0) is 92.1 Å². The smallest absolute Gasteiger partial charge is 0.226 e. The fraction of sp³-hybridized carbons (Fsp3) is 0.281. The van der Waals surface area contributed by atoms with Crippen LogP contribution in [-0.2, 0) is 11.2 Å². The average Bonchev–Trinajstić information content (AvgIpc) is 3.44. The Labute approximate surface area is 246 Å². The number of anilines is 2. The summed E-state index contributed by atoms with van der Waals surface area (Å²) in [6.07, 6.45) is 2.81. The van der Waals surface area contributed by atoms with E-state index in [1.165, 1.54) is 5.56 Å². The van der Waals surface area contributed by atoms with E-state index in [-0.39, 0.29) is 23.9 Å². The number of rotatable bonds is 7. The van der Waals surface area contributed by atoms with Gasteiger partial charge in [0.25, 0.3) is 0 Å². The molecule has 2 aromatic heterocycles. The summed E-state index contributed by atoms with van der Waals surface area (Å²) >= 11 is 12.6. The normalized spacial score (nSPS) is 16.9. The molecule has 0 bridgehead atoms. The molecule has 1 aliphatic rings. The molecule has 2 aromatic carbocycles. The number of nitrogens with zero attached hydrogens (tertiary/aromatic N) is 3. The zero-order valence-corrected chi connectivity index (χ0v) is 25.0. The Morgan fingerprint density at radius 1 is 1.07 bits per heavy atom. The van der Waals surface area contributed by atoms with Crippen molar-refractivity contribution >= 4 is 46.2 Å². The lowest BCUT2D eigenvalue weighted by atomic mass is 9.96. The molecule has 206 valence electrons. The van der Waals surface area contributed by atoms with Crippen LogP contribution in [0, 0.1) is 19.8 Å². The van der Waals surface area contributed by atoms with Crippen molar-refractivity contribution in [1.82, 2.24) is 14.9 Å². The molecule has 3 heterocycles. The Kier molecular flexibility index (Phi) is 7.97. The number of hydrogen-bond donors (Lipinski definition) is 2. The lowest BCUT2D eigenvalue weighted by molar-refractivity contribution is -0.118. The Morgan fingerprint density at radius 3 is 2.42 bits per heavy atom. The van der Waals surface area contributed by atoms with Crippen LogP contribution in [0.15, 0.2) is 72.9 Å². The first-order valence-electron chi connectivity index (χ1n) is 13.6. The Bertz CT molecular complexity index is 1550. The highest BCUT2D eigenvalue weighted by molar-refractivity contribution is 7.80. The van der Waals surface area contributed by atoms with Crippen LogP contribution in [0.4, 0.5) is 11.4 Å². The number of hydrogen-bond acceptors (Lipinski definition) is 3. The standard InChI is InChI=1S/C32H34ClN5OS/c1-6-22-10-12-23(13-11-22)37-20(4)17-25(21(37)5)30-29(28-9-7-8-16-34-28)36-32(40)38(30)24-14-15-27(26(33)18-24)35-31(39)19(2)3/h7-19,29-30H,6H2,1-5H3,(H,35,39)(H,36,40)/t29-,30-/m1/s1. The molecule has 1 aliphatic heterocycles. The van der Waals surface area contributed by atoms with Crippen molar-refractivity contribution in [2.24, 2.45) is 5.92 Å². The van der Waals surface area contributed by atoms with Gasteiger partial charge in [0.1, 0.15) is 0 Å². The topological polar surface area (TPSA) is 62.2 Å². The van der Waals surface area contributed by atoms with E-state index in [1.807, 2.05) is 50.2 Å². The molecule has 40 heavy (non-hydrogen) atoms. The summed E-state index contributed by atoms with van der Waals surface area (Å²) in [6.45, 7) is 10.2. The second-order valence-electron chi connectivity index (χ2n) is 10.5. The van der Waals surface area contributed by atoms with E-state index >= 15 is 0 Å². The molecule has 1 amide bonds. The summed E-state index contributed by atoms with van der Waals surface area (Å²) in [6, 6.07) is 22.2. The Balaban J connectivity index is 1.60. The minimum atomic E-state index is -0.177. The van der Waals surface area contributed by atoms with Gasteiger partial charge in [-0.2, -0.15) is 0 Å². The van der Waals surface area contributed by atoms with Gasteiger partial charge in [0.2, 0.25) is 5.91 Å². The molecule has 0 aliphatic carbocycles. The van der Waals surface area contributed by atoms with Gasteiger partial charge < -0.3 is 20.1 Å². The Morgan fingerprint density at radius 2 is 1.80 bits per heavy atom. The van der Waals surface area contributed by atoms with Crippen LogP contribution in [0.3, 0.4) is 0 Å². The number of carbonyl (C=O) groups is 1. The fourth-order valence-electron chi connectivity index (χ4n) is 5.35. The van der Waals surface area contributed by atoms with Crippen molar-refractivity contribution in [3.05, 3.63) is 106 Å². The van der Waals surface area contributed by atoms with Crippen LogP contribution in [0.5, 0.6) is 0 Å². The molecule has 0 spiro atoms. The summed E-state index contributed by atoms with van der Waals surface area (Å²) in [5.41, 5.74) is 8.17. The summed E-state index contributed by atoms with van der Waals surface area (Å²) in [4.78, 5) is 19.1. The SMILES string of the molecule is CCc1ccc(-n2c(C)cc([C@@H]3[C@@H](c4ccccn4)NC(=S)N3c3ccc(NC(=O)C(C)C)c(Cl)c3)c2C)cc1. The highest BCUT2D eigenvalue weighted by atomic mass is 35.5. The number of aromatic nitrogens is 2. The number of carbonyl (C=O) groups excluding carboxylic acids is 1. The van der Waals surface area contributed by atoms with Gasteiger partial charge in [0.05, 0.1) is 28.5 Å². The molecular weight excluding hydrogens is 538 g/mol. The highest BCUT2D eigenvalue weighted by Crippen LogP contribution is 2.44. The molecule has 1 saturated heterocycles. The molecule has 2 N–H and O–H groups in total. The van der Waals surface area contributed by atoms with E-state index < -0.39 is 0 Å². The molecule has 1 fully saturated rings. The molecule has 2 atom stereocenters. The first kappa shape index (κ1) is 27.9. The molecule has 4 aromatic rings.